The summed E-state index contributed by atoms with van der Waals surface area (Å²) in [5, 5.41) is 17.5. The lowest BCUT2D eigenvalue weighted by Crippen LogP contribution is -2.30. The largest absolute Gasteiger partial charge is 0.493 e. The van der Waals surface area contributed by atoms with E-state index < -0.39 is 17.8 Å². The van der Waals surface area contributed by atoms with Crippen LogP contribution in [0.4, 0.5) is 11.4 Å². The van der Waals surface area contributed by atoms with Gasteiger partial charge in [-0.2, -0.15) is 0 Å². The minimum Gasteiger partial charge on any atom is -0.493 e. The molecule has 0 aromatic heterocycles. The molecule has 0 unspecified atom stereocenters. The smallest absolute Gasteiger partial charge is 0.335 e. The van der Waals surface area contributed by atoms with E-state index in [-0.39, 0.29) is 22.9 Å². The van der Waals surface area contributed by atoms with E-state index >= 15 is 0 Å². The van der Waals surface area contributed by atoms with Gasteiger partial charge in [0.2, 0.25) is 5.91 Å². The molecule has 4 aromatic rings. The molecule has 4 N–H and O–H groups in total. The highest BCUT2D eigenvalue weighted by molar-refractivity contribution is 8.00. The van der Waals surface area contributed by atoms with Crippen molar-refractivity contribution < 1.29 is 33.8 Å². The zero-order valence-electron chi connectivity index (χ0n) is 24.7. The molecule has 0 saturated heterocycles. The van der Waals surface area contributed by atoms with Gasteiger partial charge < -0.3 is 30.5 Å². The highest BCUT2D eigenvalue weighted by Crippen LogP contribution is 2.28. The molecular weight excluding hydrogens is 594 g/mol. The average Bonchev–Trinajstić information content (AvgIpc) is 3.05. The van der Waals surface area contributed by atoms with Gasteiger partial charge in [-0.25, -0.2) is 4.79 Å². The number of carbonyl (C=O) groups excluding carboxylic acids is 3. The van der Waals surface area contributed by atoms with Crippen LogP contribution in [0.1, 0.15) is 31.8 Å². The summed E-state index contributed by atoms with van der Waals surface area (Å²) in [6.07, 6.45) is 1.54. The summed E-state index contributed by atoms with van der Waals surface area (Å²) in [5.74, 6) is -1.29. The average molecular weight is 626 g/mol. The Balaban J connectivity index is 1.44. The monoisotopic (exact) mass is 625 g/mol. The van der Waals surface area contributed by atoms with Crippen molar-refractivity contribution in [2.75, 3.05) is 30.6 Å². The van der Waals surface area contributed by atoms with Gasteiger partial charge in [-0.1, -0.05) is 30.3 Å². The maximum Gasteiger partial charge on any atom is 0.335 e. The van der Waals surface area contributed by atoms with E-state index in [0.717, 1.165) is 10.5 Å². The fourth-order valence-electron chi connectivity index (χ4n) is 4.11. The summed E-state index contributed by atoms with van der Waals surface area (Å²) in [4.78, 5) is 50.9. The Labute approximate surface area is 264 Å². The quantitative estimate of drug-likeness (QED) is 0.113. The Kier molecular flexibility index (Phi) is 11.0. The molecule has 0 aliphatic carbocycles. The minimum atomic E-state index is -1.07. The number of methoxy groups -OCH3 is 2. The van der Waals surface area contributed by atoms with Crippen LogP contribution in [0.3, 0.4) is 0 Å². The number of benzene rings is 4. The van der Waals surface area contributed by atoms with Gasteiger partial charge in [0.1, 0.15) is 5.70 Å². The van der Waals surface area contributed by atoms with E-state index in [4.69, 9.17) is 9.47 Å². The summed E-state index contributed by atoms with van der Waals surface area (Å²) < 4.78 is 10.7. The van der Waals surface area contributed by atoms with Crippen molar-refractivity contribution in [1.29, 1.82) is 0 Å². The molecule has 4 rings (SSSR count). The number of anilines is 2. The Morgan fingerprint density at radius 2 is 1.51 bits per heavy atom. The molecule has 0 bridgehead atoms. The molecule has 230 valence electrons. The second-order valence-corrected chi connectivity index (χ2v) is 10.7. The highest BCUT2D eigenvalue weighted by Gasteiger charge is 2.16. The number of aromatic carboxylic acids is 1. The van der Waals surface area contributed by atoms with E-state index in [0.29, 0.717) is 34.0 Å². The standard InChI is InChI=1S/C34H31N3O7S/c1-21-9-11-24(34(41)42)19-27(21)36-31(38)20-45-26-14-12-25(13-15-26)35-33(40)28(37-32(39)23-7-5-4-6-8-23)17-22-10-16-29(43-2)30(18-22)44-3/h4-19H,20H2,1-3H3,(H,35,40)(H,36,38)(H,37,39)(H,41,42)/b28-17-. The number of carbonyl (C=O) groups is 4. The summed E-state index contributed by atoms with van der Waals surface area (Å²) in [6.45, 7) is 1.78. The lowest BCUT2D eigenvalue weighted by molar-refractivity contribution is -0.114. The first-order chi connectivity index (χ1) is 21.7. The fraction of sp³-hybridized carbons (Fsp3) is 0.118. The van der Waals surface area contributed by atoms with E-state index in [1.807, 2.05) is 0 Å². The van der Waals surface area contributed by atoms with Gasteiger partial charge in [0.15, 0.2) is 11.5 Å². The molecule has 11 heteroatoms. The van der Waals surface area contributed by atoms with Crippen molar-refractivity contribution in [3.05, 3.63) is 119 Å². The zero-order chi connectivity index (χ0) is 32.3. The van der Waals surface area contributed by atoms with Crippen LogP contribution in [-0.2, 0) is 9.59 Å². The van der Waals surface area contributed by atoms with Crippen LogP contribution in [-0.4, -0.2) is 48.8 Å². The Hall–Kier alpha value is -5.55. The number of thioether (sulfide) groups is 1. The van der Waals surface area contributed by atoms with Gasteiger partial charge in [0.25, 0.3) is 11.8 Å². The van der Waals surface area contributed by atoms with Crippen LogP contribution in [0, 0.1) is 6.92 Å². The second-order valence-electron chi connectivity index (χ2n) is 9.64. The number of carboxylic acid groups (broad SMARTS) is 1. The van der Waals surface area contributed by atoms with Gasteiger partial charge in [-0.05, 0) is 84.8 Å². The number of nitrogens with one attached hydrogen (secondary N) is 3. The highest BCUT2D eigenvalue weighted by atomic mass is 32.2. The minimum absolute atomic E-state index is 0.00783. The normalized spacial score (nSPS) is 10.9. The first-order valence-corrected chi connectivity index (χ1v) is 14.6. The lowest BCUT2D eigenvalue weighted by Gasteiger charge is -2.13. The topological polar surface area (TPSA) is 143 Å². The van der Waals surface area contributed by atoms with Crippen LogP contribution in [0.25, 0.3) is 6.08 Å². The third kappa shape index (κ3) is 8.97. The molecule has 45 heavy (non-hydrogen) atoms. The second kappa shape index (κ2) is 15.3. The lowest BCUT2D eigenvalue weighted by atomic mass is 10.1. The molecule has 0 fully saturated rings. The molecule has 0 heterocycles. The summed E-state index contributed by atoms with van der Waals surface area (Å²) in [7, 11) is 3.03. The molecular formula is C34H31N3O7S. The van der Waals surface area contributed by atoms with Crippen molar-refractivity contribution in [3.8, 4) is 11.5 Å². The number of hydrogen-bond acceptors (Lipinski definition) is 7. The van der Waals surface area contributed by atoms with Crippen LogP contribution < -0.4 is 25.4 Å². The Morgan fingerprint density at radius 1 is 0.800 bits per heavy atom. The maximum atomic E-state index is 13.4. The van der Waals surface area contributed by atoms with Gasteiger partial charge in [-0.3, -0.25) is 14.4 Å². The Bertz CT molecular complexity index is 1740. The van der Waals surface area contributed by atoms with E-state index in [1.54, 1.807) is 85.8 Å². The van der Waals surface area contributed by atoms with Crippen LogP contribution in [0.15, 0.2) is 102 Å². The predicted octanol–water partition coefficient (Wildman–Crippen LogP) is 5.85. The molecule has 0 radical (unpaired) electrons. The van der Waals surface area contributed by atoms with Crippen molar-refractivity contribution in [2.45, 2.75) is 11.8 Å². The fourth-order valence-corrected chi connectivity index (χ4v) is 4.81. The molecule has 0 aliphatic rings. The summed E-state index contributed by atoms with van der Waals surface area (Å²) in [5.41, 5.74) is 2.74. The molecule has 4 aromatic carbocycles. The van der Waals surface area contributed by atoms with Crippen LogP contribution >= 0.6 is 11.8 Å². The van der Waals surface area contributed by atoms with Gasteiger partial charge in [-0.15, -0.1) is 11.8 Å². The molecule has 0 spiro atoms. The zero-order valence-corrected chi connectivity index (χ0v) is 25.6. The number of aryl methyl sites for hydroxylation is 1. The van der Waals surface area contributed by atoms with Crippen molar-refractivity contribution in [1.82, 2.24) is 5.32 Å². The third-order valence-corrected chi connectivity index (χ3v) is 7.50. The number of amides is 3. The number of ether oxygens (including phenoxy) is 2. The SMILES string of the molecule is COc1ccc(/C=C(\NC(=O)c2ccccc2)C(=O)Nc2ccc(SCC(=O)Nc3cc(C(=O)O)ccc3C)cc2)cc1OC. The molecule has 3 amide bonds. The van der Waals surface area contributed by atoms with Gasteiger partial charge in [0, 0.05) is 21.8 Å². The van der Waals surface area contributed by atoms with Crippen molar-refractivity contribution in [2.24, 2.45) is 0 Å². The van der Waals surface area contributed by atoms with E-state index in [9.17, 15) is 24.3 Å². The predicted molar refractivity (Wildman–Crippen MR) is 174 cm³/mol. The summed E-state index contributed by atoms with van der Waals surface area (Å²) in [6, 6.07) is 25.1. The number of rotatable bonds is 12. The first kappa shape index (κ1) is 32.4. The van der Waals surface area contributed by atoms with Gasteiger partial charge in [0.05, 0.1) is 25.5 Å². The third-order valence-electron chi connectivity index (χ3n) is 6.49. The molecule has 10 nitrogen and oxygen atoms in total. The van der Waals surface area contributed by atoms with Gasteiger partial charge >= 0.3 is 5.97 Å². The molecule has 0 aliphatic heterocycles. The first-order valence-electron chi connectivity index (χ1n) is 13.6. The van der Waals surface area contributed by atoms with Crippen molar-refractivity contribution in [3.63, 3.8) is 0 Å². The maximum absolute atomic E-state index is 13.4. The van der Waals surface area contributed by atoms with Crippen LogP contribution in [0.2, 0.25) is 0 Å². The number of hydrogen-bond donors (Lipinski definition) is 4. The van der Waals surface area contributed by atoms with E-state index in [1.165, 1.54) is 44.2 Å². The molecule has 0 saturated carbocycles. The summed E-state index contributed by atoms with van der Waals surface area (Å²) >= 11 is 1.28. The van der Waals surface area contributed by atoms with Crippen molar-refractivity contribution >= 4 is 52.9 Å². The number of carboxylic acids is 1. The molecule has 0 atom stereocenters. The van der Waals surface area contributed by atoms with Crippen LogP contribution in [0.5, 0.6) is 11.5 Å². The Morgan fingerprint density at radius 3 is 2.18 bits per heavy atom. The van der Waals surface area contributed by atoms with E-state index in [2.05, 4.69) is 16.0 Å².